The Morgan fingerprint density at radius 1 is 1.22 bits per heavy atom. The van der Waals surface area contributed by atoms with Crippen LogP contribution in [0.2, 0.25) is 0 Å². The van der Waals surface area contributed by atoms with Crippen molar-refractivity contribution in [3.05, 3.63) is 0 Å². The lowest BCUT2D eigenvalue weighted by molar-refractivity contribution is -0.146. The average molecular weight is 256 g/mol. The molecule has 2 rings (SSSR count). The van der Waals surface area contributed by atoms with Crippen molar-refractivity contribution in [2.45, 2.75) is 57.7 Å². The van der Waals surface area contributed by atoms with Gasteiger partial charge < -0.3 is 14.8 Å². The molecule has 0 amide bonds. The van der Waals surface area contributed by atoms with Gasteiger partial charge in [-0.15, -0.1) is 0 Å². The minimum atomic E-state index is 0.352. The number of piperidine rings is 1. The minimum absolute atomic E-state index is 0.352. The monoisotopic (exact) mass is 256 g/mol. The summed E-state index contributed by atoms with van der Waals surface area (Å²) in [4.78, 5) is 2.55. The summed E-state index contributed by atoms with van der Waals surface area (Å²) in [6.45, 7) is 9.25. The van der Waals surface area contributed by atoms with Crippen LogP contribution in [0.4, 0.5) is 0 Å². The van der Waals surface area contributed by atoms with Crippen molar-refractivity contribution in [2.75, 3.05) is 33.0 Å². The molecule has 0 aliphatic carbocycles. The Balaban J connectivity index is 1.78. The predicted octanol–water partition coefficient (Wildman–Crippen LogP) is 1.60. The van der Waals surface area contributed by atoms with Crippen LogP contribution < -0.4 is 5.32 Å². The molecule has 2 aliphatic rings. The molecule has 0 aromatic carbocycles. The molecular weight excluding hydrogens is 228 g/mol. The molecule has 2 fully saturated rings. The first-order chi connectivity index (χ1) is 8.75. The quantitative estimate of drug-likeness (QED) is 0.810. The number of rotatable bonds is 5. The lowest BCUT2D eigenvalue weighted by atomic mass is 10.0. The number of hydrogen-bond acceptors (Lipinski definition) is 4. The van der Waals surface area contributed by atoms with E-state index >= 15 is 0 Å². The molecule has 2 unspecified atom stereocenters. The van der Waals surface area contributed by atoms with E-state index in [9.17, 15) is 0 Å². The van der Waals surface area contributed by atoms with Crippen LogP contribution in [0.1, 0.15) is 39.5 Å². The predicted molar refractivity (Wildman–Crippen MR) is 72.7 cm³/mol. The molecule has 0 aromatic rings. The van der Waals surface area contributed by atoms with Gasteiger partial charge in [-0.3, -0.25) is 4.90 Å². The molecule has 2 saturated heterocycles. The third kappa shape index (κ3) is 4.50. The smallest absolute Gasteiger partial charge is 0.147 e. The molecule has 0 bridgehead atoms. The fourth-order valence-electron chi connectivity index (χ4n) is 2.77. The summed E-state index contributed by atoms with van der Waals surface area (Å²) < 4.78 is 10.9. The van der Waals surface area contributed by atoms with E-state index < -0.39 is 0 Å². The summed E-state index contributed by atoms with van der Waals surface area (Å²) in [6.07, 6.45) is 5.40. The topological polar surface area (TPSA) is 33.7 Å². The van der Waals surface area contributed by atoms with Crippen molar-refractivity contribution >= 4 is 0 Å². The fraction of sp³-hybridized carbons (Fsp3) is 1.00. The van der Waals surface area contributed by atoms with Crippen LogP contribution in [-0.4, -0.2) is 56.1 Å². The zero-order valence-corrected chi connectivity index (χ0v) is 11.9. The molecule has 0 saturated carbocycles. The number of nitrogens with zero attached hydrogens (tertiary/aromatic N) is 1. The molecule has 2 atom stereocenters. The molecule has 18 heavy (non-hydrogen) atoms. The van der Waals surface area contributed by atoms with Crippen LogP contribution in [0.25, 0.3) is 0 Å². The van der Waals surface area contributed by atoms with Gasteiger partial charge in [-0.05, 0) is 39.7 Å². The Labute approximate surface area is 111 Å². The average Bonchev–Trinajstić information content (AvgIpc) is 2.40. The summed E-state index contributed by atoms with van der Waals surface area (Å²) >= 11 is 0. The van der Waals surface area contributed by atoms with Crippen LogP contribution in [0, 0.1) is 0 Å². The second kappa shape index (κ2) is 7.43. The van der Waals surface area contributed by atoms with E-state index in [4.69, 9.17) is 9.47 Å². The van der Waals surface area contributed by atoms with Crippen LogP contribution in [-0.2, 0) is 9.47 Å². The summed E-state index contributed by atoms with van der Waals surface area (Å²) in [5.74, 6) is 0. The van der Waals surface area contributed by atoms with E-state index in [1.54, 1.807) is 0 Å². The van der Waals surface area contributed by atoms with Crippen LogP contribution >= 0.6 is 0 Å². The zero-order chi connectivity index (χ0) is 12.8. The van der Waals surface area contributed by atoms with E-state index in [-0.39, 0.29) is 0 Å². The number of ether oxygens (including phenoxy) is 2. The van der Waals surface area contributed by atoms with Crippen molar-refractivity contribution < 1.29 is 9.47 Å². The van der Waals surface area contributed by atoms with Crippen molar-refractivity contribution in [3.8, 4) is 0 Å². The normalized spacial score (nSPS) is 30.0. The number of nitrogens with one attached hydrogen (secondary N) is 1. The van der Waals surface area contributed by atoms with Crippen LogP contribution in [0.3, 0.4) is 0 Å². The molecule has 106 valence electrons. The highest BCUT2D eigenvalue weighted by Gasteiger charge is 2.23. The first kappa shape index (κ1) is 14.3. The second-order valence-corrected chi connectivity index (χ2v) is 5.80. The highest BCUT2D eigenvalue weighted by Crippen LogP contribution is 2.14. The lowest BCUT2D eigenvalue weighted by Gasteiger charge is -2.36. The van der Waals surface area contributed by atoms with Gasteiger partial charge in [0.2, 0.25) is 0 Å². The highest BCUT2D eigenvalue weighted by molar-refractivity contribution is 4.79. The Bertz CT molecular complexity index is 204. The molecular formula is C14H28N2O2. The van der Waals surface area contributed by atoms with Crippen LogP contribution in [0.15, 0.2) is 0 Å². The van der Waals surface area contributed by atoms with E-state index in [0.717, 1.165) is 26.1 Å². The Hall–Kier alpha value is -0.160. The first-order valence-corrected chi connectivity index (χ1v) is 7.42. The second-order valence-electron chi connectivity index (χ2n) is 5.80. The highest BCUT2D eigenvalue weighted by atomic mass is 16.7. The molecule has 4 heteroatoms. The molecule has 2 aliphatic heterocycles. The zero-order valence-electron chi connectivity index (χ0n) is 11.9. The molecule has 1 N–H and O–H groups in total. The van der Waals surface area contributed by atoms with Gasteiger partial charge in [0.25, 0.3) is 0 Å². The van der Waals surface area contributed by atoms with Crippen LogP contribution in [0.5, 0.6) is 0 Å². The van der Waals surface area contributed by atoms with Gasteiger partial charge in [0.05, 0.1) is 12.7 Å². The molecule has 4 nitrogen and oxygen atoms in total. The van der Waals surface area contributed by atoms with Gasteiger partial charge in [0, 0.05) is 25.2 Å². The summed E-state index contributed by atoms with van der Waals surface area (Å²) in [7, 11) is 0. The Kier molecular flexibility index (Phi) is 5.89. The summed E-state index contributed by atoms with van der Waals surface area (Å²) in [5.41, 5.74) is 0. The van der Waals surface area contributed by atoms with Gasteiger partial charge in [-0.1, -0.05) is 6.42 Å². The Morgan fingerprint density at radius 3 is 2.72 bits per heavy atom. The SMILES string of the molecule is CC(C)N(CC1CCCCN1)CC1CCOCO1. The Morgan fingerprint density at radius 2 is 2.11 bits per heavy atom. The van der Waals surface area contributed by atoms with Crippen molar-refractivity contribution in [1.82, 2.24) is 10.2 Å². The van der Waals surface area contributed by atoms with E-state index in [1.807, 2.05) is 0 Å². The maximum atomic E-state index is 5.66. The van der Waals surface area contributed by atoms with Crippen molar-refractivity contribution in [2.24, 2.45) is 0 Å². The van der Waals surface area contributed by atoms with E-state index in [2.05, 4.69) is 24.1 Å². The largest absolute Gasteiger partial charge is 0.355 e. The molecule has 2 heterocycles. The maximum absolute atomic E-state index is 5.66. The van der Waals surface area contributed by atoms with Gasteiger partial charge in [-0.2, -0.15) is 0 Å². The van der Waals surface area contributed by atoms with Gasteiger partial charge in [-0.25, -0.2) is 0 Å². The molecule has 0 spiro atoms. The number of hydrogen-bond donors (Lipinski definition) is 1. The lowest BCUT2D eigenvalue weighted by Crippen LogP contribution is -2.49. The summed E-state index contributed by atoms with van der Waals surface area (Å²) in [6, 6.07) is 1.25. The molecule has 0 aromatic heterocycles. The van der Waals surface area contributed by atoms with Crippen molar-refractivity contribution in [3.63, 3.8) is 0 Å². The maximum Gasteiger partial charge on any atom is 0.147 e. The standard InChI is InChI=1S/C14H28N2O2/c1-12(2)16(9-13-5-3-4-7-15-13)10-14-6-8-17-11-18-14/h12-15H,3-11H2,1-2H3. The minimum Gasteiger partial charge on any atom is -0.355 e. The van der Waals surface area contributed by atoms with Gasteiger partial charge in [0.15, 0.2) is 0 Å². The first-order valence-electron chi connectivity index (χ1n) is 7.42. The third-order valence-electron chi connectivity index (χ3n) is 4.01. The molecule has 0 radical (unpaired) electrons. The van der Waals surface area contributed by atoms with E-state index in [1.165, 1.54) is 25.8 Å². The van der Waals surface area contributed by atoms with Crippen molar-refractivity contribution in [1.29, 1.82) is 0 Å². The fourth-order valence-corrected chi connectivity index (χ4v) is 2.77. The van der Waals surface area contributed by atoms with E-state index in [0.29, 0.717) is 25.0 Å². The third-order valence-corrected chi connectivity index (χ3v) is 4.01. The van der Waals surface area contributed by atoms with Gasteiger partial charge >= 0.3 is 0 Å². The van der Waals surface area contributed by atoms with Gasteiger partial charge in [0.1, 0.15) is 6.79 Å². The summed E-state index contributed by atoms with van der Waals surface area (Å²) in [5, 5.41) is 3.63.